The molecule has 2 N–H and O–H groups in total. The molecule has 8 nitrogen and oxygen atoms in total. The molecule has 4 rings (SSSR count). The molecule has 2 heterocycles. The van der Waals surface area contributed by atoms with Crippen molar-refractivity contribution in [1.82, 2.24) is 14.8 Å². The summed E-state index contributed by atoms with van der Waals surface area (Å²) in [7, 11) is 0. The maximum atomic E-state index is 14.0. The molecular formula is C30H38BrN5O3S. The van der Waals surface area contributed by atoms with Gasteiger partial charge in [-0.1, -0.05) is 37.2 Å². The first kappa shape index (κ1) is 30.0. The van der Waals surface area contributed by atoms with Crippen LogP contribution in [0.25, 0.3) is 0 Å². The molecule has 0 saturated carbocycles. The van der Waals surface area contributed by atoms with Gasteiger partial charge in [-0.3, -0.25) is 4.79 Å². The summed E-state index contributed by atoms with van der Waals surface area (Å²) in [6.07, 6.45) is 2.14. The van der Waals surface area contributed by atoms with E-state index >= 15 is 0 Å². The number of anilines is 2. The van der Waals surface area contributed by atoms with Gasteiger partial charge in [0.2, 0.25) is 11.1 Å². The fourth-order valence-electron chi connectivity index (χ4n) is 4.54. The lowest BCUT2D eigenvalue weighted by molar-refractivity contribution is -0.113. The van der Waals surface area contributed by atoms with Gasteiger partial charge in [-0.25, -0.2) is 4.68 Å². The first-order valence-electron chi connectivity index (χ1n) is 13.7. The fraction of sp³-hybridized carbons (Fsp3) is 0.433. The molecule has 214 valence electrons. The van der Waals surface area contributed by atoms with Crippen molar-refractivity contribution >= 4 is 45.2 Å². The largest absolute Gasteiger partial charge is 0.490 e. The van der Waals surface area contributed by atoms with Gasteiger partial charge in [-0.2, -0.15) is 4.98 Å². The normalized spacial score (nSPS) is 14.7. The highest BCUT2D eigenvalue weighted by molar-refractivity contribution is 9.10. The summed E-state index contributed by atoms with van der Waals surface area (Å²) < 4.78 is 14.7. The summed E-state index contributed by atoms with van der Waals surface area (Å²) in [5.41, 5.74) is 5.02. The molecule has 0 radical (unpaired) electrons. The number of ether oxygens (including phenoxy) is 2. The van der Waals surface area contributed by atoms with E-state index in [-0.39, 0.29) is 12.0 Å². The van der Waals surface area contributed by atoms with Crippen LogP contribution in [0.4, 0.5) is 11.6 Å². The van der Waals surface area contributed by atoms with Gasteiger partial charge in [0, 0.05) is 17.1 Å². The summed E-state index contributed by atoms with van der Waals surface area (Å²) in [5.74, 6) is 2.55. The van der Waals surface area contributed by atoms with Crippen LogP contribution in [0.3, 0.4) is 0 Å². The zero-order valence-electron chi connectivity index (χ0n) is 24.2. The van der Waals surface area contributed by atoms with E-state index < -0.39 is 6.04 Å². The summed E-state index contributed by atoms with van der Waals surface area (Å²) in [6, 6.07) is 9.28. The molecule has 1 aromatic heterocycles. The highest BCUT2D eigenvalue weighted by atomic mass is 79.9. The number of hydrogen-bond donors (Lipinski definition) is 2. The van der Waals surface area contributed by atoms with Crippen LogP contribution >= 0.6 is 27.7 Å². The van der Waals surface area contributed by atoms with E-state index in [9.17, 15) is 4.79 Å². The van der Waals surface area contributed by atoms with Crippen LogP contribution in [0.15, 0.2) is 51.2 Å². The third-order valence-corrected chi connectivity index (χ3v) is 8.17. The Hall–Kier alpha value is -2.98. The second kappa shape index (κ2) is 13.1. The third-order valence-electron chi connectivity index (χ3n) is 6.66. The van der Waals surface area contributed by atoms with Gasteiger partial charge in [-0.05, 0) is 98.8 Å². The van der Waals surface area contributed by atoms with E-state index in [4.69, 9.17) is 19.6 Å². The number of benzene rings is 2. The minimum atomic E-state index is -0.544. The smallest absolute Gasteiger partial charge is 0.255 e. The lowest BCUT2D eigenvalue weighted by atomic mass is 9.94. The van der Waals surface area contributed by atoms with Crippen molar-refractivity contribution in [3.63, 3.8) is 0 Å². The maximum absolute atomic E-state index is 14.0. The topological polar surface area (TPSA) is 90.3 Å². The van der Waals surface area contributed by atoms with Gasteiger partial charge >= 0.3 is 0 Å². The van der Waals surface area contributed by atoms with Gasteiger partial charge in [0.15, 0.2) is 11.5 Å². The Balaban J connectivity index is 1.84. The lowest BCUT2D eigenvalue weighted by Crippen LogP contribution is -2.31. The second-order valence-corrected chi connectivity index (χ2v) is 12.0. The van der Waals surface area contributed by atoms with Crippen molar-refractivity contribution < 1.29 is 14.3 Å². The number of rotatable bonds is 11. The highest BCUT2D eigenvalue weighted by Gasteiger charge is 2.35. The summed E-state index contributed by atoms with van der Waals surface area (Å²) in [6.45, 7) is 14.5. The van der Waals surface area contributed by atoms with E-state index in [1.54, 1.807) is 16.4 Å². The maximum Gasteiger partial charge on any atom is 0.255 e. The van der Waals surface area contributed by atoms with Crippen LogP contribution in [0.5, 0.6) is 11.5 Å². The van der Waals surface area contributed by atoms with E-state index in [0.717, 1.165) is 51.1 Å². The first-order chi connectivity index (χ1) is 19.1. The van der Waals surface area contributed by atoms with Gasteiger partial charge in [0.05, 0.1) is 22.8 Å². The first-order valence-corrected chi connectivity index (χ1v) is 15.5. The van der Waals surface area contributed by atoms with Gasteiger partial charge in [-0.15, -0.1) is 5.10 Å². The third kappa shape index (κ3) is 6.49. The standard InChI is InChI=1S/C30H38BrN5O3S/c1-8-10-14-40-30-34-29-32-20(7)25(28(37)33-23-13-11-12-18(5)19(23)6)26(36(29)35-30)21-15-22(31)27(39-17(3)4)24(16-21)38-9-2/h11-13,15-17,26H,8-10,14H2,1-7H3,(H,33,37)(H,32,34,35). The molecule has 0 bridgehead atoms. The number of carbonyl (C=O) groups excluding carboxylic acids is 1. The Bertz CT molecular complexity index is 1420. The zero-order valence-corrected chi connectivity index (χ0v) is 26.6. The Kier molecular flexibility index (Phi) is 9.84. The van der Waals surface area contributed by atoms with Crippen molar-refractivity contribution in [2.75, 3.05) is 23.0 Å². The number of fused-ring (bicyclic) bond motifs is 1. The van der Waals surface area contributed by atoms with Gasteiger partial charge < -0.3 is 20.1 Å². The average Bonchev–Trinajstić information content (AvgIpc) is 3.30. The number of carbonyl (C=O) groups is 1. The number of nitrogens with one attached hydrogen (secondary N) is 2. The summed E-state index contributed by atoms with van der Waals surface area (Å²) >= 11 is 5.33. The number of amides is 1. The number of halogens is 1. The molecule has 1 atom stereocenters. The van der Waals surface area contributed by atoms with Crippen molar-refractivity contribution in [2.45, 2.75) is 78.6 Å². The number of nitrogens with zero attached hydrogens (tertiary/aromatic N) is 3. The number of allylic oxidation sites excluding steroid dienone is 1. The van der Waals surface area contributed by atoms with Crippen LogP contribution in [0.1, 0.15) is 70.2 Å². The molecule has 40 heavy (non-hydrogen) atoms. The second-order valence-electron chi connectivity index (χ2n) is 10.1. The quantitative estimate of drug-likeness (QED) is 0.166. The van der Waals surface area contributed by atoms with E-state index in [0.29, 0.717) is 34.8 Å². The Labute approximate surface area is 249 Å². The monoisotopic (exact) mass is 627 g/mol. The van der Waals surface area contributed by atoms with Crippen molar-refractivity contribution in [1.29, 1.82) is 0 Å². The van der Waals surface area contributed by atoms with Crippen molar-refractivity contribution in [3.05, 3.63) is 62.8 Å². The van der Waals surface area contributed by atoms with Crippen molar-refractivity contribution in [3.8, 4) is 11.5 Å². The molecular weight excluding hydrogens is 590 g/mol. The van der Waals surface area contributed by atoms with E-state index in [2.05, 4.69) is 33.5 Å². The van der Waals surface area contributed by atoms with Crippen LogP contribution in [0, 0.1) is 13.8 Å². The Morgan fingerprint density at radius 2 is 2.00 bits per heavy atom. The molecule has 0 fully saturated rings. The lowest BCUT2D eigenvalue weighted by Gasteiger charge is -2.29. The predicted molar refractivity (Wildman–Crippen MR) is 166 cm³/mol. The van der Waals surface area contributed by atoms with Crippen LogP contribution < -0.4 is 20.1 Å². The number of aryl methyl sites for hydroxylation is 1. The van der Waals surface area contributed by atoms with E-state index in [1.165, 1.54) is 0 Å². The summed E-state index contributed by atoms with van der Waals surface area (Å²) in [5, 5.41) is 12.0. The molecule has 1 aliphatic rings. The predicted octanol–water partition coefficient (Wildman–Crippen LogP) is 7.66. The molecule has 2 aromatic carbocycles. The van der Waals surface area contributed by atoms with Crippen molar-refractivity contribution in [2.24, 2.45) is 0 Å². The highest BCUT2D eigenvalue weighted by Crippen LogP contribution is 2.44. The average molecular weight is 629 g/mol. The molecule has 10 heteroatoms. The molecule has 1 unspecified atom stereocenters. The summed E-state index contributed by atoms with van der Waals surface area (Å²) in [4.78, 5) is 18.8. The number of hydrogen-bond acceptors (Lipinski definition) is 7. The molecule has 0 spiro atoms. The number of aromatic nitrogens is 3. The molecule has 0 saturated heterocycles. The Morgan fingerprint density at radius 1 is 1.23 bits per heavy atom. The molecule has 1 aliphatic heterocycles. The Morgan fingerprint density at radius 3 is 2.70 bits per heavy atom. The SMILES string of the molecule is CCCCSc1nc2n(n1)C(c1cc(Br)c(OC(C)C)c(OCC)c1)C(C(=O)Nc1cccc(C)c1C)=C(C)N2. The van der Waals surface area contributed by atoms with E-state index in [1.807, 2.05) is 71.9 Å². The van der Waals surface area contributed by atoms with Crippen LogP contribution in [-0.4, -0.2) is 39.1 Å². The zero-order chi connectivity index (χ0) is 29.0. The van der Waals surface area contributed by atoms with Gasteiger partial charge in [0.1, 0.15) is 6.04 Å². The minimum Gasteiger partial charge on any atom is -0.490 e. The minimum absolute atomic E-state index is 0.0362. The molecule has 0 aliphatic carbocycles. The van der Waals surface area contributed by atoms with Crippen LogP contribution in [-0.2, 0) is 4.79 Å². The van der Waals surface area contributed by atoms with Gasteiger partial charge in [0.25, 0.3) is 5.91 Å². The number of thioether (sulfide) groups is 1. The fourth-order valence-corrected chi connectivity index (χ4v) is 6.00. The number of unbranched alkanes of at least 4 members (excludes halogenated alkanes) is 1. The van der Waals surface area contributed by atoms with Crippen LogP contribution in [0.2, 0.25) is 0 Å². The molecule has 3 aromatic rings. The molecule has 1 amide bonds.